The van der Waals surface area contributed by atoms with Crippen LogP contribution in [0.2, 0.25) is 0 Å². The number of nitrogens with zero attached hydrogens (tertiary/aromatic N) is 2. The SMILES string of the molecule is [2H]c1c([2H])c(N(c2ccc(-c3ccccc3-n3c4ccccc4c4ccccc43)cc2)c2ccccc2-c2ccc3oc4c5ccccc5ccc4c3c2)c([2H])c([2H])c1-c1ccccc1. The summed E-state index contributed by atoms with van der Waals surface area (Å²) >= 11 is 0. The van der Waals surface area contributed by atoms with Crippen LogP contribution >= 0.6 is 0 Å². The first-order valence-corrected chi connectivity index (χ1v) is 20.5. The maximum Gasteiger partial charge on any atom is 0.143 e. The Morgan fingerprint density at radius 2 is 1.02 bits per heavy atom. The molecule has 0 atom stereocenters. The molecule has 0 fully saturated rings. The lowest BCUT2D eigenvalue weighted by Crippen LogP contribution is -2.11. The summed E-state index contributed by atoms with van der Waals surface area (Å²) in [5.74, 6) is 0. The van der Waals surface area contributed by atoms with E-state index in [0.717, 1.165) is 71.7 Å². The van der Waals surface area contributed by atoms with Crippen molar-refractivity contribution in [2.45, 2.75) is 0 Å². The summed E-state index contributed by atoms with van der Waals surface area (Å²) in [6.45, 7) is 0. The smallest absolute Gasteiger partial charge is 0.143 e. The van der Waals surface area contributed by atoms with Crippen LogP contribution in [-0.2, 0) is 0 Å². The number of para-hydroxylation sites is 4. The lowest BCUT2D eigenvalue weighted by molar-refractivity contribution is 0.672. The molecule has 0 aliphatic carbocycles. The predicted octanol–water partition coefficient (Wildman–Crippen LogP) is 16.3. The average Bonchev–Trinajstić information content (AvgIpc) is 3.91. The fourth-order valence-electron chi connectivity index (χ4n) is 9.03. The molecule has 2 aromatic heterocycles. The van der Waals surface area contributed by atoms with E-state index in [1.165, 1.54) is 10.8 Å². The van der Waals surface area contributed by atoms with Gasteiger partial charge in [-0.2, -0.15) is 0 Å². The molecular weight excluding hydrogens is 741 g/mol. The normalized spacial score (nSPS) is 12.5. The number of aromatic nitrogens is 1. The van der Waals surface area contributed by atoms with Gasteiger partial charge in [0.2, 0.25) is 0 Å². The zero-order valence-electron chi connectivity index (χ0n) is 36.9. The number of benzene rings is 10. The minimum absolute atomic E-state index is 0.107. The van der Waals surface area contributed by atoms with Gasteiger partial charge in [-0.1, -0.05) is 164 Å². The van der Waals surface area contributed by atoms with E-state index in [9.17, 15) is 5.48 Å². The van der Waals surface area contributed by atoms with Crippen LogP contribution in [0.5, 0.6) is 0 Å². The summed E-state index contributed by atoms with van der Waals surface area (Å²) in [5, 5.41) is 6.54. The number of hydrogen-bond acceptors (Lipinski definition) is 2. The Balaban J connectivity index is 1.05. The van der Waals surface area contributed by atoms with Gasteiger partial charge in [0.05, 0.1) is 27.9 Å². The van der Waals surface area contributed by atoms with Crippen LogP contribution in [0.1, 0.15) is 5.48 Å². The number of rotatable bonds is 7. The molecule has 286 valence electrons. The first-order chi connectivity index (χ1) is 31.9. The molecule has 0 spiro atoms. The molecule has 2 heterocycles. The molecule has 12 aromatic rings. The molecule has 0 bridgehead atoms. The van der Waals surface area contributed by atoms with Crippen molar-refractivity contribution in [2.75, 3.05) is 4.90 Å². The summed E-state index contributed by atoms with van der Waals surface area (Å²) in [4.78, 5) is 1.89. The molecule has 0 aliphatic rings. The molecule has 61 heavy (non-hydrogen) atoms. The molecule has 12 rings (SSSR count). The lowest BCUT2D eigenvalue weighted by atomic mass is 9.98. The average molecular weight is 783 g/mol. The van der Waals surface area contributed by atoms with Crippen LogP contribution in [0.4, 0.5) is 17.1 Å². The Hall–Kier alpha value is -8.14. The number of anilines is 3. The summed E-state index contributed by atoms with van der Waals surface area (Å²) < 4.78 is 46.9. The summed E-state index contributed by atoms with van der Waals surface area (Å²) in [6.07, 6.45) is 0. The van der Waals surface area contributed by atoms with Crippen molar-refractivity contribution in [2.24, 2.45) is 0 Å². The van der Waals surface area contributed by atoms with Crippen molar-refractivity contribution in [1.29, 1.82) is 0 Å². The van der Waals surface area contributed by atoms with Crippen molar-refractivity contribution in [3.8, 4) is 39.1 Å². The highest BCUT2D eigenvalue weighted by Gasteiger charge is 2.20. The lowest BCUT2D eigenvalue weighted by Gasteiger charge is -2.28. The second kappa shape index (κ2) is 14.3. The molecule has 0 saturated heterocycles. The highest BCUT2D eigenvalue weighted by molar-refractivity contribution is 6.16. The second-order valence-corrected chi connectivity index (χ2v) is 15.4. The standard InChI is InChI=1S/C58H38N2O/c1-2-14-39(15-3-1)40-26-32-44(33-27-40)59(53-22-10-7-18-47(53)43-31-37-57-52(38-43)51-36-30-41-16-4-5-19-48(41)58(51)61-57)45-34-28-42(29-35-45)46-17-6-11-23-54(46)60-55-24-12-8-20-49(55)50-21-9-13-25-56(50)60/h1-38H/i26D,27D,32D,33D. The van der Waals surface area contributed by atoms with Crippen LogP contribution in [0.15, 0.2) is 235 Å². The van der Waals surface area contributed by atoms with Crippen molar-refractivity contribution >= 4 is 71.6 Å². The second-order valence-electron chi connectivity index (χ2n) is 15.4. The monoisotopic (exact) mass is 782 g/mol. The minimum Gasteiger partial charge on any atom is -0.455 e. The van der Waals surface area contributed by atoms with Crippen LogP contribution in [0.3, 0.4) is 0 Å². The Morgan fingerprint density at radius 3 is 1.79 bits per heavy atom. The third kappa shape index (κ3) is 5.82. The van der Waals surface area contributed by atoms with E-state index in [-0.39, 0.29) is 35.4 Å². The Morgan fingerprint density at radius 1 is 0.393 bits per heavy atom. The quantitative estimate of drug-likeness (QED) is 0.161. The van der Waals surface area contributed by atoms with Gasteiger partial charge in [0.15, 0.2) is 0 Å². The third-order valence-electron chi connectivity index (χ3n) is 11.9. The Labute approximate surface area is 359 Å². The molecule has 3 nitrogen and oxygen atoms in total. The fraction of sp³-hybridized carbons (Fsp3) is 0. The zero-order valence-corrected chi connectivity index (χ0v) is 32.9. The highest BCUT2D eigenvalue weighted by atomic mass is 16.3. The zero-order chi connectivity index (χ0) is 43.8. The van der Waals surface area contributed by atoms with Crippen LogP contribution in [-0.4, -0.2) is 4.57 Å². The van der Waals surface area contributed by atoms with Gasteiger partial charge in [0, 0.05) is 49.4 Å². The van der Waals surface area contributed by atoms with Gasteiger partial charge in [-0.15, -0.1) is 0 Å². The van der Waals surface area contributed by atoms with E-state index in [4.69, 9.17) is 4.42 Å². The molecular formula is C58H38N2O. The van der Waals surface area contributed by atoms with E-state index < -0.39 is 0 Å². The van der Waals surface area contributed by atoms with E-state index in [1.54, 1.807) is 0 Å². The Kier molecular flexibility index (Phi) is 7.24. The van der Waals surface area contributed by atoms with E-state index in [1.807, 2.05) is 95.9 Å². The number of fused-ring (bicyclic) bond motifs is 8. The van der Waals surface area contributed by atoms with Gasteiger partial charge in [0.1, 0.15) is 11.2 Å². The number of hydrogen-bond donors (Lipinski definition) is 0. The minimum atomic E-state index is -0.136. The first-order valence-electron chi connectivity index (χ1n) is 22.5. The molecule has 10 aromatic carbocycles. The van der Waals surface area contributed by atoms with Crippen LogP contribution in [0, 0.1) is 0 Å². The highest BCUT2D eigenvalue weighted by Crippen LogP contribution is 2.44. The molecule has 0 amide bonds. The van der Waals surface area contributed by atoms with Gasteiger partial charge in [-0.25, -0.2) is 0 Å². The Bertz CT molecular complexity index is 3750. The molecule has 3 heteroatoms. The topological polar surface area (TPSA) is 21.3 Å². The van der Waals surface area contributed by atoms with E-state index in [0.29, 0.717) is 16.9 Å². The first kappa shape index (κ1) is 30.9. The van der Waals surface area contributed by atoms with Gasteiger partial charge < -0.3 is 13.9 Å². The summed E-state index contributed by atoms with van der Waals surface area (Å²) in [5.41, 5.74) is 11.2. The molecule has 0 saturated carbocycles. The molecule has 0 radical (unpaired) electrons. The van der Waals surface area contributed by atoms with E-state index in [2.05, 4.69) is 120 Å². The fourth-order valence-corrected chi connectivity index (χ4v) is 9.03. The van der Waals surface area contributed by atoms with E-state index >= 15 is 0 Å². The van der Waals surface area contributed by atoms with Crippen molar-refractivity contribution in [3.63, 3.8) is 0 Å². The number of furan rings is 1. The van der Waals surface area contributed by atoms with Gasteiger partial charge in [0.25, 0.3) is 0 Å². The third-order valence-corrected chi connectivity index (χ3v) is 11.9. The molecule has 0 aliphatic heterocycles. The van der Waals surface area contributed by atoms with Crippen LogP contribution in [0.25, 0.3) is 93.6 Å². The molecule has 0 N–H and O–H groups in total. The largest absolute Gasteiger partial charge is 0.455 e. The van der Waals surface area contributed by atoms with Gasteiger partial charge >= 0.3 is 0 Å². The summed E-state index contributed by atoms with van der Waals surface area (Å²) in [7, 11) is 0. The summed E-state index contributed by atoms with van der Waals surface area (Å²) in [6, 6.07) is 69.1. The van der Waals surface area contributed by atoms with Crippen molar-refractivity contribution < 1.29 is 9.90 Å². The maximum atomic E-state index is 9.64. The van der Waals surface area contributed by atoms with Gasteiger partial charge in [-0.3, -0.25) is 0 Å². The van der Waals surface area contributed by atoms with Crippen LogP contribution < -0.4 is 4.90 Å². The maximum absolute atomic E-state index is 9.64. The van der Waals surface area contributed by atoms with Crippen molar-refractivity contribution in [3.05, 3.63) is 230 Å². The predicted molar refractivity (Wildman–Crippen MR) is 257 cm³/mol. The molecule has 0 unspecified atom stereocenters. The van der Waals surface area contributed by atoms with Gasteiger partial charge in [-0.05, 0) is 94.3 Å². The van der Waals surface area contributed by atoms with Crippen molar-refractivity contribution in [1.82, 2.24) is 4.57 Å².